The molecule has 1 atom stereocenters. The molecule has 2 aliphatic rings. The Hall–Kier alpha value is -0.930. The smallest absolute Gasteiger partial charge is 0.0365 e. The first-order valence-electron chi connectivity index (χ1n) is 8.66. The van der Waals surface area contributed by atoms with E-state index in [2.05, 4.69) is 34.4 Å². The van der Waals surface area contributed by atoms with Crippen LogP contribution < -0.4 is 5.32 Å². The van der Waals surface area contributed by atoms with Gasteiger partial charge in [-0.15, -0.1) is 0 Å². The highest BCUT2D eigenvalue weighted by atomic mass is 15.2. The lowest BCUT2D eigenvalue weighted by Crippen LogP contribution is -2.61. The zero-order chi connectivity index (χ0) is 14.5. The van der Waals surface area contributed by atoms with Gasteiger partial charge in [-0.05, 0) is 69.9 Å². The quantitative estimate of drug-likeness (QED) is 0.902. The van der Waals surface area contributed by atoms with E-state index < -0.39 is 0 Å². The molecule has 0 amide bonds. The molecule has 0 spiro atoms. The SMILES string of the molecule is CNC(Cc1ccncc1)C1(N2CCCCC2)CCCC1. The van der Waals surface area contributed by atoms with Crippen LogP contribution >= 0.6 is 0 Å². The van der Waals surface area contributed by atoms with Crippen molar-refractivity contribution in [2.24, 2.45) is 0 Å². The second-order valence-corrected chi connectivity index (χ2v) is 6.76. The first-order chi connectivity index (χ1) is 10.3. The lowest BCUT2D eigenvalue weighted by molar-refractivity contribution is 0.0389. The maximum Gasteiger partial charge on any atom is 0.0365 e. The van der Waals surface area contributed by atoms with Crippen molar-refractivity contribution in [3.05, 3.63) is 30.1 Å². The summed E-state index contributed by atoms with van der Waals surface area (Å²) in [5.74, 6) is 0. The average Bonchev–Trinajstić information content (AvgIpc) is 3.05. The fourth-order valence-corrected chi connectivity index (χ4v) is 4.53. The summed E-state index contributed by atoms with van der Waals surface area (Å²) < 4.78 is 0. The zero-order valence-electron chi connectivity index (χ0n) is 13.4. The largest absolute Gasteiger partial charge is 0.315 e. The van der Waals surface area contributed by atoms with E-state index in [0.717, 1.165) is 6.42 Å². The highest BCUT2D eigenvalue weighted by molar-refractivity contribution is 5.15. The number of likely N-dealkylation sites (tertiary alicyclic amines) is 1. The van der Waals surface area contributed by atoms with Crippen molar-refractivity contribution < 1.29 is 0 Å². The minimum absolute atomic E-state index is 0.387. The zero-order valence-corrected chi connectivity index (χ0v) is 13.4. The number of piperidine rings is 1. The van der Waals surface area contributed by atoms with E-state index in [1.165, 1.54) is 63.6 Å². The molecule has 1 unspecified atom stereocenters. The standard InChI is InChI=1S/C18H29N3/c1-19-17(15-16-7-11-20-12-8-16)18(9-3-4-10-18)21-13-5-2-6-14-21/h7-8,11-12,17,19H,2-6,9-10,13-15H2,1H3. The highest BCUT2D eigenvalue weighted by Crippen LogP contribution is 2.40. The number of aromatic nitrogens is 1. The third-order valence-electron chi connectivity index (χ3n) is 5.64. The third-order valence-corrected chi connectivity index (χ3v) is 5.64. The van der Waals surface area contributed by atoms with Crippen LogP contribution in [0.5, 0.6) is 0 Å². The topological polar surface area (TPSA) is 28.2 Å². The van der Waals surface area contributed by atoms with Gasteiger partial charge in [-0.25, -0.2) is 0 Å². The monoisotopic (exact) mass is 287 g/mol. The number of hydrogen-bond acceptors (Lipinski definition) is 3. The minimum atomic E-state index is 0.387. The molecule has 0 bridgehead atoms. The van der Waals surface area contributed by atoms with E-state index in [4.69, 9.17) is 0 Å². The Morgan fingerprint density at radius 2 is 1.76 bits per heavy atom. The third kappa shape index (κ3) is 3.14. The molecule has 21 heavy (non-hydrogen) atoms. The summed E-state index contributed by atoms with van der Waals surface area (Å²) in [6.07, 6.45) is 14.7. The number of likely N-dealkylation sites (N-methyl/N-ethyl adjacent to an activating group) is 1. The molecular weight excluding hydrogens is 258 g/mol. The summed E-state index contributed by atoms with van der Waals surface area (Å²) in [6, 6.07) is 4.90. The molecule has 1 N–H and O–H groups in total. The van der Waals surface area contributed by atoms with Crippen LogP contribution in [0, 0.1) is 0 Å². The van der Waals surface area contributed by atoms with Crippen molar-refractivity contribution >= 4 is 0 Å². The molecule has 3 rings (SSSR count). The van der Waals surface area contributed by atoms with E-state index in [1.807, 2.05) is 12.4 Å². The summed E-state index contributed by atoms with van der Waals surface area (Å²) in [7, 11) is 2.15. The number of nitrogens with one attached hydrogen (secondary N) is 1. The summed E-state index contributed by atoms with van der Waals surface area (Å²) in [5.41, 5.74) is 1.80. The lowest BCUT2D eigenvalue weighted by Gasteiger charge is -2.48. The first-order valence-corrected chi connectivity index (χ1v) is 8.66. The van der Waals surface area contributed by atoms with Gasteiger partial charge in [0.1, 0.15) is 0 Å². The Labute approximate surface area is 129 Å². The maximum absolute atomic E-state index is 4.15. The number of pyridine rings is 1. The van der Waals surface area contributed by atoms with Crippen molar-refractivity contribution in [3.8, 4) is 0 Å². The normalized spacial score (nSPS) is 24.0. The fraction of sp³-hybridized carbons (Fsp3) is 0.722. The lowest BCUT2D eigenvalue weighted by atomic mass is 9.81. The summed E-state index contributed by atoms with van der Waals surface area (Å²) >= 11 is 0. The fourth-order valence-electron chi connectivity index (χ4n) is 4.53. The van der Waals surface area contributed by atoms with Crippen molar-refractivity contribution in [1.29, 1.82) is 0 Å². The number of rotatable bonds is 5. The van der Waals surface area contributed by atoms with E-state index >= 15 is 0 Å². The van der Waals surface area contributed by atoms with Crippen LogP contribution in [-0.2, 0) is 6.42 Å². The van der Waals surface area contributed by atoms with E-state index in [-0.39, 0.29) is 0 Å². The maximum atomic E-state index is 4.15. The van der Waals surface area contributed by atoms with Gasteiger partial charge in [0.15, 0.2) is 0 Å². The second kappa shape index (κ2) is 6.89. The molecule has 3 heteroatoms. The minimum Gasteiger partial charge on any atom is -0.315 e. The summed E-state index contributed by atoms with van der Waals surface area (Å²) in [5, 5.41) is 3.67. The molecule has 1 aromatic heterocycles. The molecule has 116 valence electrons. The molecule has 0 aromatic carbocycles. The molecule has 1 aliphatic heterocycles. The van der Waals surface area contributed by atoms with Crippen LogP contribution in [0.15, 0.2) is 24.5 Å². The van der Waals surface area contributed by atoms with Crippen molar-refractivity contribution in [1.82, 2.24) is 15.2 Å². The Bertz CT molecular complexity index is 419. The van der Waals surface area contributed by atoms with Crippen LogP contribution in [0.3, 0.4) is 0 Å². The predicted octanol–water partition coefficient (Wildman–Crippen LogP) is 3.01. The molecule has 1 aromatic rings. The Balaban J connectivity index is 1.80. The van der Waals surface area contributed by atoms with Crippen LogP contribution in [0.4, 0.5) is 0 Å². The van der Waals surface area contributed by atoms with Crippen molar-refractivity contribution in [3.63, 3.8) is 0 Å². The summed E-state index contributed by atoms with van der Waals surface area (Å²) in [6.45, 7) is 2.60. The van der Waals surface area contributed by atoms with Crippen LogP contribution in [0.1, 0.15) is 50.5 Å². The number of hydrogen-bond donors (Lipinski definition) is 1. The van der Waals surface area contributed by atoms with Gasteiger partial charge in [0.2, 0.25) is 0 Å². The predicted molar refractivity (Wildman–Crippen MR) is 87.4 cm³/mol. The molecule has 1 aliphatic carbocycles. The van der Waals surface area contributed by atoms with E-state index in [1.54, 1.807) is 0 Å². The second-order valence-electron chi connectivity index (χ2n) is 6.76. The molecule has 1 saturated heterocycles. The molecule has 2 fully saturated rings. The van der Waals surface area contributed by atoms with Crippen LogP contribution in [0.25, 0.3) is 0 Å². The van der Waals surface area contributed by atoms with Crippen LogP contribution in [-0.4, -0.2) is 41.6 Å². The molecule has 2 heterocycles. The Kier molecular flexibility index (Phi) is 4.91. The van der Waals surface area contributed by atoms with Gasteiger partial charge >= 0.3 is 0 Å². The Morgan fingerprint density at radius 1 is 1.10 bits per heavy atom. The van der Waals surface area contributed by atoms with Gasteiger partial charge in [0.25, 0.3) is 0 Å². The first kappa shape index (κ1) is 15.0. The molecule has 1 saturated carbocycles. The van der Waals surface area contributed by atoms with Crippen molar-refractivity contribution in [2.75, 3.05) is 20.1 Å². The number of nitrogens with zero attached hydrogens (tertiary/aromatic N) is 2. The van der Waals surface area contributed by atoms with Gasteiger partial charge in [-0.1, -0.05) is 19.3 Å². The van der Waals surface area contributed by atoms with Gasteiger partial charge in [0, 0.05) is 24.0 Å². The highest BCUT2D eigenvalue weighted by Gasteiger charge is 2.45. The molecular formula is C18H29N3. The summed E-state index contributed by atoms with van der Waals surface area (Å²) in [4.78, 5) is 6.98. The molecule has 3 nitrogen and oxygen atoms in total. The van der Waals surface area contributed by atoms with Gasteiger partial charge in [0.05, 0.1) is 0 Å². The van der Waals surface area contributed by atoms with Crippen LogP contribution in [0.2, 0.25) is 0 Å². The van der Waals surface area contributed by atoms with Gasteiger partial charge < -0.3 is 5.32 Å². The molecule has 0 radical (unpaired) electrons. The van der Waals surface area contributed by atoms with E-state index in [9.17, 15) is 0 Å². The van der Waals surface area contributed by atoms with Gasteiger partial charge in [-0.3, -0.25) is 9.88 Å². The van der Waals surface area contributed by atoms with Gasteiger partial charge in [-0.2, -0.15) is 0 Å². The van der Waals surface area contributed by atoms with E-state index in [0.29, 0.717) is 11.6 Å². The average molecular weight is 287 g/mol. The van der Waals surface area contributed by atoms with Crippen molar-refractivity contribution in [2.45, 2.75) is 62.9 Å². The Morgan fingerprint density at radius 3 is 2.38 bits per heavy atom.